The molecule has 4 nitrogen and oxygen atoms in total. The van der Waals surface area contributed by atoms with Crippen LogP contribution in [0.5, 0.6) is 5.75 Å². The van der Waals surface area contributed by atoms with Crippen molar-refractivity contribution in [2.75, 3.05) is 14.2 Å². The summed E-state index contributed by atoms with van der Waals surface area (Å²) in [5.41, 5.74) is 1.45. The van der Waals surface area contributed by atoms with Crippen molar-refractivity contribution in [3.63, 3.8) is 0 Å². The summed E-state index contributed by atoms with van der Waals surface area (Å²) in [6.45, 7) is 0. The van der Waals surface area contributed by atoms with E-state index in [0.29, 0.717) is 16.6 Å². The highest BCUT2D eigenvalue weighted by atomic mass is 79.9. The van der Waals surface area contributed by atoms with Gasteiger partial charge in [0.2, 0.25) is 0 Å². The molecule has 0 aromatic heterocycles. The molecular formula is C11H10BrNO3. The summed E-state index contributed by atoms with van der Waals surface area (Å²) in [5.74, 6) is -0.116. The number of nitriles is 1. The zero-order chi connectivity index (χ0) is 12.1. The van der Waals surface area contributed by atoms with E-state index in [0.717, 1.165) is 5.56 Å². The molecular weight excluding hydrogens is 274 g/mol. The lowest BCUT2D eigenvalue weighted by Gasteiger charge is -2.09. The monoisotopic (exact) mass is 283 g/mol. The highest BCUT2D eigenvalue weighted by Gasteiger charge is 2.16. The fraction of sp³-hybridized carbons (Fsp3) is 0.273. The molecule has 0 amide bonds. The van der Waals surface area contributed by atoms with Gasteiger partial charge in [0.05, 0.1) is 25.9 Å². The minimum Gasteiger partial charge on any atom is -0.496 e. The third-order valence-corrected chi connectivity index (χ3v) is 2.70. The summed E-state index contributed by atoms with van der Waals surface area (Å²) < 4.78 is 9.69. The molecule has 0 fully saturated rings. The standard InChI is InChI=1S/C11H10BrNO3/c1-15-10-4-7(5-12)8(6-13)3-9(10)11(14)16-2/h3-4H,5H2,1-2H3. The van der Waals surface area contributed by atoms with Crippen LogP contribution in [0.4, 0.5) is 0 Å². The molecule has 0 N–H and O–H groups in total. The molecule has 0 aliphatic rings. The van der Waals surface area contributed by atoms with Gasteiger partial charge in [-0.05, 0) is 17.7 Å². The Bertz CT molecular complexity index is 451. The largest absolute Gasteiger partial charge is 0.496 e. The predicted octanol–water partition coefficient (Wildman–Crippen LogP) is 2.25. The molecule has 84 valence electrons. The van der Waals surface area contributed by atoms with Gasteiger partial charge in [-0.15, -0.1) is 0 Å². The van der Waals surface area contributed by atoms with Crippen LogP contribution in [0.2, 0.25) is 0 Å². The van der Waals surface area contributed by atoms with Gasteiger partial charge in [-0.1, -0.05) is 15.9 Å². The summed E-state index contributed by atoms with van der Waals surface area (Å²) in [4.78, 5) is 11.4. The molecule has 0 saturated carbocycles. The van der Waals surface area contributed by atoms with Crippen molar-refractivity contribution < 1.29 is 14.3 Å². The van der Waals surface area contributed by atoms with E-state index >= 15 is 0 Å². The summed E-state index contributed by atoms with van der Waals surface area (Å²) in [6.07, 6.45) is 0. The van der Waals surface area contributed by atoms with Crippen LogP contribution in [0.15, 0.2) is 12.1 Å². The number of carbonyl (C=O) groups excluding carboxylic acids is 1. The van der Waals surface area contributed by atoms with Gasteiger partial charge in [-0.25, -0.2) is 4.79 Å². The number of alkyl halides is 1. The number of methoxy groups -OCH3 is 2. The lowest BCUT2D eigenvalue weighted by atomic mass is 10.0. The van der Waals surface area contributed by atoms with Crippen LogP contribution in [0.25, 0.3) is 0 Å². The van der Waals surface area contributed by atoms with E-state index in [1.807, 2.05) is 6.07 Å². The van der Waals surface area contributed by atoms with E-state index in [2.05, 4.69) is 20.7 Å². The van der Waals surface area contributed by atoms with Gasteiger partial charge in [0, 0.05) is 5.33 Å². The molecule has 0 bridgehead atoms. The number of carbonyl (C=O) groups is 1. The molecule has 0 saturated heterocycles. The summed E-state index contributed by atoms with van der Waals surface area (Å²) >= 11 is 3.27. The van der Waals surface area contributed by atoms with Crippen molar-refractivity contribution in [1.82, 2.24) is 0 Å². The highest BCUT2D eigenvalue weighted by Crippen LogP contribution is 2.25. The SMILES string of the molecule is COC(=O)c1cc(C#N)c(CBr)cc1OC. The normalized spacial score (nSPS) is 9.38. The fourth-order valence-electron chi connectivity index (χ4n) is 1.27. The first-order valence-electron chi connectivity index (χ1n) is 4.43. The first-order valence-corrected chi connectivity index (χ1v) is 5.55. The Morgan fingerprint density at radius 2 is 2.19 bits per heavy atom. The molecule has 0 spiro atoms. The number of nitrogens with zero attached hydrogens (tertiary/aromatic N) is 1. The number of esters is 1. The fourth-order valence-corrected chi connectivity index (χ4v) is 1.74. The Morgan fingerprint density at radius 3 is 2.62 bits per heavy atom. The highest BCUT2D eigenvalue weighted by molar-refractivity contribution is 9.08. The van der Waals surface area contributed by atoms with Crippen molar-refractivity contribution in [1.29, 1.82) is 5.26 Å². The Hall–Kier alpha value is -1.54. The summed E-state index contributed by atoms with van der Waals surface area (Å²) in [6, 6.07) is 5.15. The molecule has 0 unspecified atom stereocenters. The molecule has 5 heteroatoms. The van der Waals surface area contributed by atoms with Gasteiger partial charge in [0.15, 0.2) is 0 Å². The molecule has 0 radical (unpaired) electrons. The molecule has 1 rings (SSSR count). The van der Waals surface area contributed by atoms with E-state index in [-0.39, 0.29) is 5.56 Å². The van der Waals surface area contributed by atoms with Gasteiger partial charge in [0.25, 0.3) is 0 Å². The topological polar surface area (TPSA) is 59.3 Å². The van der Waals surface area contributed by atoms with Crippen LogP contribution < -0.4 is 4.74 Å². The van der Waals surface area contributed by atoms with Crippen molar-refractivity contribution in [2.24, 2.45) is 0 Å². The van der Waals surface area contributed by atoms with Crippen LogP contribution in [-0.4, -0.2) is 20.2 Å². The zero-order valence-corrected chi connectivity index (χ0v) is 10.5. The molecule has 1 aromatic rings. The molecule has 0 aliphatic heterocycles. The molecule has 16 heavy (non-hydrogen) atoms. The molecule has 0 atom stereocenters. The Balaban J connectivity index is 3.38. The number of ether oxygens (including phenoxy) is 2. The number of hydrogen-bond donors (Lipinski definition) is 0. The van der Waals surface area contributed by atoms with Gasteiger partial charge in [-0.3, -0.25) is 0 Å². The van der Waals surface area contributed by atoms with Crippen LogP contribution >= 0.6 is 15.9 Å². The van der Waals surface area contributed by atoms with E-state index in [4.69, 9.17) is 10.00 Å². The van der Waals surface area contributed by atoms with Crippen LogP contribution in [0.1, 0.15) is 21.5 Å². The van der Waals surface area contributed by atoms with Gasteiger partial charge in [0.1, 0.15) is 11.3 Å². The smallest absolute Gasteiger partial charge is 0.341 e. The summed E-state index contributed by atoms with van der Waals surface area (Å²) in [7, 11) is 2.75. The first kappa shape index (κ1) is 12.5. The first-order chi connectivity index (χ1) is 7.67. The minimum absolute atomic E-state index is 0.256. The van der Waals surface area contributed by atoms with Crippen molar-refractivity contribution in [2.45, 2.75) is 5.33 Å². The predicted molar refractivity (Wildman–Crippen MR) is 61.7 cm³/mol. The minimum atomic E-state index is -0.519. The van der Waals surface area contributed by atoms with E-state index in [9.17, 15) is 4.79 Å². The molecule has 1 aromatic carbocycles. The van der Waals surface area contributed by atoms with Crippen molar-refractivity contribution in [3.8, 4) is 11.8 Å². The maximum atomic E-state index is 11.4. The van der Waals surface area contributed by atoms with Gasteiger partial charge < -0.3 is 9.47 Å². The average Bonchev–Trinajstić information content (AvgIpc) is 2.35. The van der Waals surface area contributed by atoms with Gasteiger partial charge in [-0.2, -0.15) is 5.26 Å². The van der Waals surface area contributed by atoms with Crippen molar-refractivity contribution >= 4 is 21.9 Å². The van der Waals surface area contributed by atoms with Crippen molar-refractivity contribution in [3.05, 3.63) is 28.8 Å². The lowest BCUT2D eigenvalue weighted by Crippen LogP contribution is -2.05. The van der Waals surface area contributed by atoms with Crippen LogP contribution in [-0.2, 0) is 10.1 Å². The maximum Gasteiger partial charge on any atom is 0.341 e. The van der Waals surface area contributed by atoms with Gasteiger partial charge >= 0.3 is 5.97 Å². The second kappa shape index (κ2) is 5.52. The van der Waals surface area contributed by atoms with Crippen LogP contribution in [0.3, 0.4) is 0 Å². The Morgan fingerprint density at radius 1 is 1.50 bits per heavy atom. The lowest BCUT2D eigenvalue weighted by molar-refractivity contribution is 0.0597. The van der Waals surface area contributed by atoms with E-state index in [1.165, 1.54) is 20.3 Å². The summed E-state index contributed by atoms with van der Waals surface area (Å²) in [5, 5.41) is 9.45. The zero-order valence-electron chi connectivity index (χ0n) is 8.91. The number of hydrogen-bond acceptors (Lipinski definition) is 4. The third kappa shape index (κ3) is 2.34. The second-order valence-corrected chi connectivity index (χ2v) is 3.51. The number of benzene rings is 1. The Kier molecular flexibility index (Phi) is 4.32. The molecule has 0 heterocycles. The van der Waals surface area contributed by atoms with E-state index in [1.54, 1.807) is 6.07 Å². The second-order valence-electron chi connectivity index (χ2n) is 2.95. The average molecular weight is 284 g/mol. The van der Waals surface area contributed by atoms with E-state index < -0.39 is 5.97 Å². The number of halogens is 1. The molecule has 0 aliphatic carbocycles. The maximum absolute atomic E-state index is 11.4. The quantitative estimate of drug-likeness (QED) is 0.631. The number of rotatable bonds is 3. The Labute approximate surface area is 102 Å². The third-order valence-electron chi connectivity index (χ3n) is 2.10. The van der Waals surface area contributed by atoms with Crippen LogP contribution in [0, 0.1) is 11.3 Å².